The van der Waals surface area contributed by atoms with E-state index in [0.29, 0.717) is 0 Å². The summed E-state index contributed by atoms with van der Waals surface area (Å²) in [6.45, 7) is 7.60. The molecule has 0 aliphatic rings. The third-order valence-corrected chi connectivity index (χ3v) is 4.49. The average Bonchev–Trinajstić information content (AvgIpc) is 2.27. The van der Waals surface area contributed by atoms with Crippen molar-refractivity contribution < 1.29 is 13.2 Å². The molecule has 0 amide bonds. The van der Waals surface area contributed by atoms with Gasteiger partial charge in [-0.05, 0) is 24.5 Å². The van der Waals surface area contributed by atoms with Gasteiger partial charge in [-0.25, -0.2) is 13.1 Å². The van der Waals surface area contributed by atoms with Crippen molar-refractivity contribution in [3.05, 3.63) is 29.8 Å². The van der Waals surface area contributed by atoms with E-state index in [9.17, 15) is 13.2 Å². The van der Waals surface area contributed by atoms with Crippen molar-refractivity contribution in [3.8, 4) is 0 Å². The molecule has 0 aliphatic heterocycles. The lowest BCUT2D eigenvalue weighted by molar-refractivity contribution is -0.108. The van der Waals surface area contributed by atoms with Gasteiger partial charge in [-0.15, -0.1) is 0 Å². The Kier molecular flexibility index (Phi) is 4.87. The fourth-order valence-corrected chi connectivity index (χ4v) is 3.10. The molecule has 1 rings (SSSR count). The van der Waals surface area contributed by atoms with E-state index in [1.54, 1.807) is 24.3 Å². The van der Waals surface area contributed by atoms with E-state index in [-0.39, 0.29) is 16.7 Å². The molecule has 0 aliphatic carbocycles. The van der Waals surface area contributed by atoms with Gasteiger partial charge in [0.1, 0.15) is 6.29 Å². The highest BCUT2D eigenvalue weighted by atomic mass is 32.2. The Bertz CT molecular complexity index is 527. The number of aryl methyl sites for hydroxylation is 1. The summed E-state index contributed by atoms with van der Waals surface area (Å²) < 4.78 is 27.1. The molecule has 0 bridgehead atoms. The molecule has 5 heteroatoms. The van der Waals surface area contributed by atoms with Crippen molar-refractivity contribution in [3.63, 3.8) is 0 Å². The maximum atomic E-state index is 12.2. The Morgan fingerprint density at radius 1 is 1.21 bits per heavy atom. The first kappa shape index (κ1) is 15.9. The fraction of sp³-hybridized carbons (Fsp3) is 0.500. The molecule has 1 unspecified atom stereocenters. The number of nitrogens with one attached hydrogen (secondary N) is 1. The van der Waals surface area contributed by atoms with Crippen molar-refractivity contribution >= 4 is 16.3 Å². The second-order valence-electron chi connectivity index (χ2n) is 5.76. The number of aldehydes is 1. The van der Waals surface area contributed by atoms with Crippen molar-refractivity contribution in [2.75, 3.05) is 0 Å². The zero-order chi connectivity index (χ0) is 14.7. The van der Waals surface area contributed by atoms with Crippen LogP contribution in [-0.2, 0) is 14.8 Å². The lowest BCUT2D eigenvalue weighted by Crippen LogP contribution is -2.43. The number of hydrogen-bond acceptors (Lipinski definition) is 3. The van der Waals surface area contributed by atoms with Gasteiger partial charge in [0.2, 0.25) is 10.0 Å². The highest BCUT2D eigenvalue weighted by Crippen LogP contribution is 2.23. The van der Waals surface area contributed by atoms with Crippen molar-refractivity contribution in [1.29, 1.82) is 0 Å². The van der Waals surface area contributed by atoms with Crippen LogP contribution in [0.2, 0.25) is 0 Å². The standard InChI is InChI=1S/C14H21NO3S/c1-11-5-7-12(8-6-11)19(17,18)15-13(9-10-16)14(2,3)4/h5-8,10,13,15H,9H2,1-4H3. The molecular weight excluding hydrogens is 262 g/mol. The van der Waals surface area contributed by atoms with Crippen molar-refractivity contribution in [2.45, 2.75) is 45.1 Å². The molecule has 0 fully saturated rings. The van der Waals surface area contributed by atoms with E-state index < -0.39 is 16.1 Å². The Morgan fingerprint density at radius 2 is 1.74 bits per heavy atom. The molecule has 1 aromatic carbocycles. The van der Waals surface area contributed by atoms with E-state index in [1.807, 2.05) is 27.7 Å². The van der Waals surface area contributed by atoms with Gasteiger partial charge in [-0.1, -0.05) is 38.5 Å². The predicted octanol–water partition coefficient (Wildman–Crippen LogP) is 2.28. The molecule has 0 spiro atoms. The van der Waals surface area contributed by atoms with Crippen LogP contribution in [0.1, 0.15) is 32.8 Å². The largest absolute Gasteiger partial charge is 0.303 e. The maximum Gasteiger partial charge on any atom is 0.240 e. The van der Waals surface area contributed by atoms with E-state index >= 15 is 0 Å². The summed E-state index contributed by atoms with van der Waals surface area (Å²) in [7, 11) is -3.59. The molecule has 0 saturated carbocycles. The maximum absolute atomic E-state index is 12.2. The molecular formula is C14H21NO3S. The van der Waals surface area contributed by atoms with E-state index in [1.165, 1.54) is 0 Å². The second kappa shape index (κ2) is 5.84. The third-order valence-electron chi connectivity index (χ3n) is 3.01. The van der Waals surface area contributed by atoms with Gasteiger partial charge in [0, 0.05) is 12.5 Å². The normalized spacial score (nSPS) is 14.1. The topological polar surface area (TPSA) is 63.2 Å². The third kappa shape index (κ3) is 4.44. The van der Waals surface area contributed by atoms with Crippen LogP contribution in [0.25, 0.3) is 0 Å². The lowest BCUT2D eigenvalue weighted by Gasteiger charge is -2.29. The highest BCUT2D eigenvalue weighted by Gasteiger charge is 2.29. The first-order chi connectivity index (χ1) is 8.66. The van der Waals surface area contributed by atoms with Gasteiger partial charge in [0.05, 0.1) is 4.90 Å². The van der Waals surface area contributed by atoms with Crippen molar-refractivity contribution in [2.24, 2.45) is 5.41 Å². The van der Waals surface area contributed by atoms with Gasteiger partial charge in [0.15, 0.2) is 0 Å². The Morgan fingerprint density at radius 3 is 2.16 bits per heavy atom. The van der Waals surface area contributed by atoms with Gasteiger partial charge >= 0.3 is 0 Å². The zero-order valence-electron chi connectivity index (χ0n) is 11.8. The zero-order valence-corrected chi connectivity index (χ0v) is 12.6. The highest BCUT2D eigenvalue weighted by molar-refractivity contribution is 7.89. The Labute approximate surface area is 115 Å². The number of carbonyl (C=O) groups excluding carboxylic acids is 1. The van der Waals surface area contributed by atoms with Gasteiger partial charge in [-0.2, -0.15) is 0 Å². The Balaban J connectivity index is 3.00. The van der Waals surface area contributed by atoms with E-state index in [4.69, 9.17) is 0 Å². The van der Waals surface area contributed by atoms with Crippen LogP contribution in [0.5, 0.6) is 0 Å². The molecule has 0 saturated heterocycles. The van der Waals surface area contributed by atoms with Crippen LogP contribution in [0.4, 0.5) is 0 Å². The molecule has 0 heterocycles. The van der Waals surface area contributed by atoms with E-state index in [0.717, 1.165) is 11.8 Å². The number of hydrogen-bond donors (Lipinski definition) is 1. The second-order valence-corrected chi connectivity index (χ2v) is 7.47. The smallest absolute Gasteiger partial charge is 0.240 e. The molecule has 19 heavy (non-hydrogen) atoms. The summed E-state index contributed by atoms with van der Waals surface area (Å²) in [5.41, 5.74) is 0.679. The Hall–Kier alpha value is -1.20. The van der Waals surface area contributed by atoms with Crippen molar-refractivity contribution in [1.82, 2.24) is 4.72 Å². The molecule has 0 radical (unpaired) electrons. The monoisotopic (exact) mass is 283 g/mol. The lowest BCUT2D eigenvalue weighted by atomic mass is 9.86. The summed E-state index contributed by atoms with van der Waals surface area (Å²) >= 11 is 0. The first-order valence-corrected chi connectivity index (χ1v) is 7.68. The molecule has 4 nitrogen and oxygen atoms in total. The molecule has 1 atom stereocenters. The van der Waals surface area contributed by atoms with Gasteiger partial charge in [-0.3, -0.25) is 0 Å². The van der Waals surface area contributed by atoms with Crippen LogP contribution < -0.4 is 4.72 Å². The fourth-order valence-electron chi connectivity index (χ4n) is 1.65. The average molecular weight is 283 g/mol. The van der Waals surface area contributed by atoms with Gasteiger partial charge < -0.3 is 4.79 Å². The van der Waals surface area contributed by atoms with Crippen LogP contribution in [-0.4, -0.2) is 20.7 Å². The van der Waals surface area contributed by atoms with Crippen LogP contribution in [0.3, 0.4) is 0 Å². The number of carbonyl (C=O) groups is 1. The molecule has 1 N–H and O–H groups in total. The minimum absolute atomic E-state index is 0.161. The van der Waals surface area contributed by atoms with Crippen LogP contribution in [0.15, 0.2) is 29.2 Å². The van der Waals surface area contributed by atoms with E-state index in [2.05, 4.69) is 4.72 Å². The number of sulfonamides is 1. The molecule has 0 aromatic heterocycles. The molecule has 1 aromatic rings. The number of benzene rings is 1. The van der Waals surface area contributed by atoms with Crippen LogP contribution >= 0.6 is 0 Å². The number of rotatable bonds is 5. The summed E-state index contributed by atoms with van der Waals surface area (Å²) in [5, 5.41) is 0. The quantitative estimate of drug-likeness (QED) is 0.843. The molecule has 106 valence electrons. The SMILES string of the molecule is Cc1ccc(S(=O)(=O)NC(CC=O)C(C)(C)C)cc1. The minimum Gasteiger partial charge on any atom is -0.303 e. The summed E-state index contributed by atoms with van der Waals surface area (Å²) in [6, 6.07) is 6.22. The summed E-state index contributed by atoms with van der Waals surface area (Å²) in [5.74, 6) is 0. The predicted molar refractivity (Wildman–Crippen MR) is 75.4 cm³/mol. The van der Waals surface area contributed by atoms with Crippen LogP contribution in [0, 0.1) is 12.3 Å². The van der Waals surface area contributed by atoms with Gasteiger partial charge in [0.25, 0.3) is 0 Å². The summed E-state index contributed by atoms with van der Waals surface area (Å²) in [6.07, 6.45) is 0.905. The summed E-state index contributed by atoms with van der Waals surface area (Å²) in [4.78, 5) is 10.9. The first-order valence-electron chi connectivity index (χ1n) is 6.19. The minimum atomic E-state index is -3.59.